The number of hydrogen-bond acceptors (Lipinski definition) is 0. The highest BCUT2D eigenvalue weighted by molar-refractivity contribution is 5.37. The monoisotopic (exact) mass is 132 g/mol. The molecule has 0 heterocycles. The average molecular weight is 132 g/mol. The van der Waals surface area contributed by atoms with Crippen LogP contribution in [0.1, 0.15) is 13.3 Å². The predicted molar refractivity (Wildman–Crippen MR) is 46.5 cm³/mol. The van der Waals surface area contributed by atoms with E-state index in [-0.39, 0.29) is 0 Å². The second kappa shape index (κ2) is 5.91. The van der Waals surface area contributed by atoms with Gasteiger partial charge in [0.15, 0.2) is 0 Å². The van der Waals surface area contributed by atoms with Gasteiger partial charge in [0.2, 0.25) is 0 Å². The molecule has 0 fully saturated rings. The van der Waals surface area contributed by atoms with Crippen molar-refractivity contribution in [2.45, 2.75) is 13.3 Å². The van der Waals surface area contributed by atoms with Crippen molar-refractivity contribution in [2.75, 3.05) is 0 Å². The molecule has 0 aliphatic heterocycles. The molecule has 0 N–H and O–H groups in total. The topological polar surface area (TPSA) is 0 Å². The van der Waals surface area contributed by atoms with E-state index in [1.165, 1.54) is 0 Å². The van der Waals surface area contributed by atoms with Gasteiger partial charge in [-0.3, -0.25) is 0 Å². The Morgan fingerprint density at radius 1 is 1.70 bits per heavy atom. The average Bonchev–Trinajstić information content (AvgIpc) is 1.99. The van der Waals surface area contributed by atoms with Crippen molar-refractivity contribution in [2.24, 2.45) is 0 Å². The van der Waals surface area contributed by atoms with Crippen LogP contribution in [0.25, 0.3) is 0 Å². The van der Waals surface area contributed by atoms with E-state index < -0.39 is 0 Å². The summed E-state index contributed by atoms with van der Waals surface area (Å²) in [5.41, 5.74) is 0.824. The van der Waals surface area contributed by atoms with Crippen molar-refractivity contribution < 1.29 is 0 Å². The number of terminal acetylenes is 1. The lowest BCUT2D eigenvalue weighted by molar-refractivity contribution is 1.22. The molecule has 0 aromatic carbocycles. The molecule has 0 atom stereocenters. The summed E-state index contributed by atoms with van der Waals surface area (Å²) in [7, 11) is 0. The molecule has 0 rings (SSSR count). The van der Waals surface area contributed by atoms with Crippen LogP contribution < -0.4 is 0 Å². The van der Waals surface area contributed by atoms with Crippen molar-refractivity contribution in [1.29, 1.82) is 0 Å². The minimum absolute atomic E-state index is 0.824. The maximum absolute atomic E-state index is 5.14. The Morgan fingerprint density at radius 2 is 2.40 bits per heavy atom. The van der Waals surface area contributed by atoms with E-state index in [2.05, 4.69) is 19.4 Å². The highest BCUT2D eigenvalue weighted by Gasteiger charge is 1.76. The molecule has 52 valence electrons. The lowest BCUT2D eigenvalue weighted by Gasteiger charge is -1.82. The fourth-order valence-electron chi connectivity index (χ4n) is 0.483. The highest BCUT2D eigenvalue weighted by atomic mass is 13.8. The van der Waals surface area contributed by atoms with Crippen LogP contribution in [-0.4, -0.2) is 0 Å². The molecule has 0 aliphatic carbocycles. The van der Waals surface area contributed by atoms with E-state index in [0.717, 1.165) is 12.0 Å². The zero-order valence-corrected chi connectivity index (χ0v) is 6.30. The molecule has 0 saturated heterocycles. The van der Waals surface area contributed by atoms with Crippen LogP contribution in [-0.2, 0) is 0 Å². The van der Waals surface area contributed by atoms with Crippen molar-refractivity contribution >= 4 is 0 Å². The number of hydrogen-bond donors (Lipinski definition) is 0. The molecule has 0 bridgehead atoms. The zero-order valence-electron chi connectivity index (χ0n) is 6.30. The summed E-state index contributed by atoms with van der Waals surface area (Å²) in [5, 5.41) is 0. The summed E-state index contributed by atoms with van der Waals surface area (Å²) in [6.07, 6.45) is 13.7. The highest BCUT2D eigenvalue weighted by Crippen LogP contribution is 1.93. The van der Waals surface area contributed by atoms with Crippen molar-refractivity contribution in [3.63, 3.8) is 0 Å². The smallest absolute Gasteiger partial charge is 0.0236 e. The number of allylic oxidation sites excluding steroid dienone is 5. The molecule has 0 nitrogen and oxygen atoms in total. The first kappa shape index (κ1) is 8.78. The molecule has 0 aromatic rings. The summed E-state index contributed by atoms with van der Waals surface area (Å²) in [5.74, 6) is 2.50. The number of rotatable bonds is 3. The molecule has 0 unspecified atom stereocenters. The van der Waals surface area contributed by atoms with Gasteiger partial charge in [-0.1, -0.05) is 37.7 Å². The minimum Gasteiger partial charge on any atom is -0.115 e. The minimum atomic E-state index is 0.824. The Morgan fingerprint density at radius 3 is 2.80 bits per heavy atom. The summed E-state index contributed by atoms with van der Waals surface area (Å²) in [6, 6.07) is 0. The lowest BCUT2D eigenvalue weighted by Crippen LogP contribution is -1.66. The van der Waals surface area contributed by atoms with Crippen LogP contribution in [0, 0.1) is 12.3 Å². The van der Waals surface area contributed by atoms with Crippen molar-refractivity contribution in [3.05, 3.63) is 36.5 Å². The summed E-state index contributed by atoms with van der Waals surface area (Å²) < 4.78 is 0. The van der Waals surface area contributed by atoms with Crippen molar-refractivity contribution in [3.8, 4) is 12.3 Å². The normalized spacial score (nSPS) is 11.4. The SMILES string of the molecule is C#CC(C=C)=CC=CCC. The van der Waals surface area contributed by atoms with Crippen LogP contribution in [0.2, 0.25) is 0 Å². The lowest BCUT2D eigenvalue weighted by atomic mass is 10.2. The molecule has 0 aliphatic rings. The van der Waals surface area contributed by atoms with Crippen LogP contribution in [0.5, 0.6) is 0 Å². The third kappa shape index (κ3) is 3.74. The van der Waals surface area contributed by atoms with Gasteiger partial charge in [-0.15, -0.1) is 6.42 Å². The molecule has 0 heteroatoms. The second-order valence-corrected chi connectivity index (χ2v) is 1.81. The molecular formula is C10H12. The van der Waals surface area contributed by atoms with Crippen LogP contribution in [0.4, 0.5) is 0 Å². The van der Waals surface area contributed by atoms with Crippen LogP contribution in [0.15, 0.2) is 36.5 Å². The van der Waals surface area contributed by atoms with E-state index in [9.17, 15) is 0 Å². The van der Waals surface area contributed by atoms with Gasteiger partial charge >= 0.3 is 0 Å². The maximum Gasteiger partial charge on any atom is 0.0236 e. The molecular weight excluding hydrogens is 120 g/mol. The first-order valence-electron chi connectivity index (χ1n) is 3.31. The molecule has 0 amide bonds. The van der Waals surface area contributed by atoms with E-state index >= 15 is 0 Å². The van der Waals surface area contributed by atoms with Gasteiger partial charge in [-0.25, -0.2) is 0 Å². The van der Waals surface area contributed by atoms with Gasteiger partial charge in [-0.05, 0) is 12.5 Å². The fourth-order valence-corrected chi connectivity index (χ4v) is 0.483. The van der Waals surface area contributed by atoms with Gasteiger partial charge in [0, 0.05) is 5.57 Å². The Hall–Kier alpha value is -1.22. The predicted octanol–water partition coefficient (Wildman–Crippen LogP) is 2.70. The third-order valence-electron chi connectivity index (χ3n) is 1.03. The Kier molecular flexibility index (Phi) is 5.19. The van der Waals surface area contributed by atoms with Gasteiger partial charge in [-0.2, -0.15) is 0 Å². The molecule has 0 saturated carbocycles. The first-order valence-corrected chi connectivity index (χ1v) is 3.31. The van der Waals surface area contributed by atoms with E-state index in [4.69, 9.17) is 6.42 Å². The van der Waals surface area contributed by atoms with Crippen LogP contribution in [0.3, 0.4) is 0 Å². The fraction of sp³-hybridized carbons (Fsp3) is 0.200. The van der Waals surface area contributed by atoms with Gasteiger partial charge in [0.25, 0.3) is 0 Å². The standard InChI is InChI=1S/C10H12/c1-4-7-8-9-10(5-2)6-3/h2,6-9H,3-4H2,1H3. The van der Waals surface area contributed by atoms with Crippen molar-refractivity contribution in [1.82, 2.24) is 0 Å². The zero-order chi connectivity index (χ0) is 7.82. The second-order valence-electron chi connectivity index (χ2n) is 1.81. The molecule has 0 radical (unpaired) electrons. The van der Waals surface area contributed by atoms with Gasteiger partial charge in [0.05, 0.1) is 0 Å². The van der Waals surface area contributed by atoms with Crippen LogP contribution >= 0.6 is 0 Å². The third-order valence-corrected chi connectivity index (χ3v) is 1.03. The summed E-state index contributed by atoms with van der Waals surface area (Å²) in [4.78, 5) is 0. The van der Waals surface area contributed by atoms with Gasteiger partial charge < -0.3 is 0 Å². The van der Waals surface area contributed by atoms with Gasteiger partial charge in [0.1, 0.15) is 0 Å². The van der Waals surface area contributed by atoms with E-state index in [1.807, 2.05) is 18.2 Å². The van der Waals surface area contributed by atoms with E-state index in [0.29, 0.717) is 0 Å². The first-order chi connectivity index (χ1) is 4.85. The van der Waals surface area contributed by atoms with E-state index in [1.54, 1.807) is 6.08 Å². The Bertz CT molecular complexity index is 187. The summed E-state index contributed by atoms with van der Waals surface area (Å²) >= 11 is 0. The molecule has 0 aromatic heterocycles. The molecule has 0 spiro atoms. The Balaban J connectivity index is 4.02. The Labute approximate surface area is 63.0 Å². The largest absolute Gasteiger partial charge is 0.115 e. The molecule has 10 heavy (non-hydrogen) atoms. The summed E-state index contributed by atoms with van der Waals surface area (Å²) in [6.45, 7) is 5.64. The quantitative estimate of drug-likeness (QED) is 0.409. The maximum atomic E-state index is 5.14.